The van der Waals surface area contributed by atoms with Crippen molar-refractivity contribution in [2.45, 2.75) is 26.1 Å². The molecule has 0 bridgehead atoms. The van der Waals surface area contributed by atoms with E-state index in [0.717, 1.165) is 23.0 Å². The lowest BCUT2D eigenvalue weighted by molar-refractivity contribution is 0.249. The largest absolute Gasteiger partial charge is 0.486 e. The summed E-state index contributed by atoms with van der Waals surface area (Å²) in [6.45, 7) is 3.52. The summed E-state index contributed by atoms with van der Waals surface area (Å²) in [7, 11) is 2.12. The van der Waals surface area contributed by atoms with Crippen LogP contribution in [-0.4, -0.2) is 21.9 Å². The molecular weight excluding hydrogens is 318 g/mol. The average Bonchev–Trinajstić information content (AvgIpc) is 3.08. The first kappa shape index (κ1) is 16.6. The summed E-state index contributed by atoms with van der Waals surface area (Å²) in [6.07, 6.45) is 3.67. The molecule has 0 saturated heterocycles. The van der Waals surface area contributed by atoms with Crippen LogP contribution < -0.4 is 4.74 Å². The van der Waals surface area contributed by atoms with Crippen LogP contribution in [0.2, 0.25) is 0 Å². The number of pyridine rings is 1. The van der Waals surface area contributed by atoms with Crippen molar-refractivity contribution in [2.24, 2.45) is 0 Å². The van der Waals surface area contributed by atoms with E-state index in [0.29, 0.717) is 12.6 Å². The summed E-state index contributed by atoms with van der Waals surface area (Å²) in [5.74, 6) is 0.873. The first-order chi connectivity index (χ1) is 11.7. The highest BCUT2D eigenvalue weighted by Crippen LogP contribution is 2.21. The topological polar surface area (TPSA) is 38.2 Å². The van der Waals surface area contributed by atoms with Crippen molar-refractivity contribution < 1.29 is 4.74 Å². The van der Waals surface area contributed by atoms with Gasteiger partial charge < -0.3 is 4.74 Å². The molecule has 0 spiro atoms. The number of nitrogens with zero attached hydrogens (tertiary/aromatic N) is 3. The van der Waals surface area contributed by atoms with Crippen molar-refractivity contribution in [3.63, 3.8) is 0 Å². The Labute approximate surface area is 146 Å². The van der Waals surface area contributed by atoms with E-state index < -0.39 is 0 Å². The van der Waals surface area contributed by atoms with Gasteiger partial charge in [-0.1, -0.05) is 18.2 Å². The fourth-order valence-corrected chi connectivity index (χ4v) is 3.13. The Kier molecular flexibility index (Phi) is 5.56. The Bertz CT molecular complexity index is 746. The molecule has 2 aromatic heterocycles. The van der Waals surface area contributed by atoms with Gasteiger partial charge in [0.1, 0.15) is 17.4 Å². The number of thiazole rings is 1. The van der Waals surface area contributed by atoms with E-state index in [1.54, 1.807) is 11.3 Å². The van der Waals surface area contributed by atoms with E-state index >= 15 is 0 Å². The molecule has 0 saturated carbocycles. The van der Waals surface area contributed by atoms with Crippen molar-refractivity contribution in [3.8, 4) is 5.75 Å². The molecule has 0 aliphatic heterocycles. The summed E-state index contributed by atoms with van der Waals surface area (Å²) in [6, 6.07) is 14.3. The van der Waals surface area contributed by atoms with Gasteiger partial charge in [0.05, 0.1) is 5.69 Å². The Hall–Kier alpha value is -2.24. The standard InChI is InChI=1S/C19H21N3OS/c1-15(16-8-10-20-11-9-16)22(2)12-17-14-24-19(21-17)13-23-18-6-4-3-5-7-18/h3-11,14-15H,12-13H2,1-2H3. The molecule has 24 heavy (non-hydrogen) atoms. The van der Waals surface area contributed by atoms with Crippen LogP contribution in [0.3, 0.4) is 0 Å². The van der Waals surface area contributed by atoms with Crippen molar-refractivity contribution in [1.82, 2.24) is 14.9 Å². The highest BCUT2D eigenvalue weighted by Gasteiger charge is 2.13. The third kappa shape index (κ3) is 4.40. The van der Waals surface area contributed by atoms with Gasteiger partial charge >= 0.3 is 0 Å². The Morgan fingerprint density at radius 2 is 1.88 bits per heavy atom. The van der Waals surface area contributed by atoms with Crippen LogP contribution in [0.5, 0.6) is 5.75 Å². The number of ether oxygens (including phenoxy) is 1. The SMILES string of the molecule is CC(c1ccncc1)N(C)Cc1csc(COc2ccccc2)n1. The van der Waals surface area contributed by atoms with Gasteiger partial charge in [-0.25, -0.2) is 4.98 Å². The zero-order valence-electron chi connectivity index (χ0n) is 13.9. The van der Waals surface area contributed by atoms with Gasteiger partial charge in [0.15, 0.2) is 0 Å². The molecule has 0 aliphatic carbocycles. The van der Waals surface area contributed by atoms with Crippen molar-refractivity contribution in [3.05, 3.63) is 76.5 Å². The molecule has 4 nitrogen and oxygen atoms in total. The minimum Gasteiger partial charge on any atom is -0.486 e. The zero-order chi connectivity index (χ0) is 16.8. The predicted molar refractivity (Wildman–Crippen MR) is 97.0 cm³/mol. The van der Waals surface area contributed by atoms with Gasteiger partial charge in [-0.15, -0.1) is 11.3 Å². The Balaban J connectivity index is 1.55. The third-order valence-electron chi connectivity index (χ3n) is 3.97. The first-order valence-electron chi connectivity index (χ1n) is 7.93. The molecule has 3 aromatic rings. The fraction of sp³-hybridized carbons (Fsp3) is 0.263. The minimum atomic E-state index is 0.318. The lowest BCUT2D eigenvalue weighted by Gasteiger charge is -2.24. The average molecular weight is 339 g/mol. The van der Waals surface area contributed by atoms with Crippen LogP contribution in [0.4, 0.5) is 0 Å². The summed E-state index contributed by atoms with van der Waals surface area (Å²) in [5.41, 5.74) is 2.34. The van der Waals surface area contributed by atoms with E-state index in [9.17, 15) is 0 Å². The van der Waals surface area contributed by atoms with Crippen molar-refractivity contribution in [1.29, 1.82) is 0 Å². The Morgan fingerprint density at radius 1 is 1.12 bits per heavy atom. The highest BCUT2D eigenvalue weighted by molar-refractivity contribution is 7.09. The van der Waals surface area contributed by atoms with E-state index in [4.69, 9.17) is 4.74 Å². The predicted octanol–water partition coefficient (Wildman–Crippen LogP) is 4.31. The van der Waals surface area contributed by atoms with Gasteiger partial charge in [-0.3, -0.25) is 9.88 Å². The number of hydrogen-bond acceptors (Lipinski definition) is 5. The molecule has 1 aromatic carbocycles. The monoisotopic (exact) mass is 339 g/mol. The second-order valence-electron chi connectivity index (χ2n) is 5.71. The highest BCUT2D eigenvalue weighted by atomic mass is 32.1. The lowest BCUT2D eigenvalue weighted by Crippen LogP contribution is -2.22. The first-order valence-corrected chi connectivity index (χ1v) is 8.81. The van der Waals surface area contributed by atoms with Crippen LogP contribution in [0.25, 0.3) is 0 Å². The van der Waals surface area contributed by atoms with Crippen LogP contribution in [0.15, 0.2) is 60.2 Å². The summed E-state index contributed by atoms with van der Waals surface area (Å²) in [5, 5.41) is 3.11. The molecule has 1 unspecified atom stereocenters. The van der Waals surface area contributed by atoms with Gasteiger partial charge in [-0.2, -0.15) is 0 Å². The van der Waals surface area contributed by atoms with Gasteiger partial charge in [0.2, 0.25) is 0 Å². The van der Waals surface area contributed by atoms with Gasteiger partial charge in [-0.05, 0) is 43.8 Å². The molecule has 3 rings (SSSR count). The molecule has 2 heterocycles. The molecule has 5 heteroatoms. The van der Waals surface area contributed by atoms with E-state index in [2.05, 4.69) is 46.4 Å². The number of rotatable bonds is 7. The van der Waals surface area contributed by atoms with Crippen LogP contribution in [0, 0.1) is 0 Å². The Morgan fingerprint density at radius 3 is 2.62 bits per heavy atom. The van der Waals surface area contributed by atoms with Crippen molar-refractivity contribution >= 4 is 11.3 Å². The fourth-order valence-electron chi connectivity index (χ4n) is 2.44. The smallest absolute Gasteiger partial charge is 0.140 e. The van der Waals surface area contributed by atoms with E-state index in [1.807, 2.05) is 42.7 Å². The second-order valence-corrected chi connectivity index (χ2v) is 6.65. The second kappa shape index (κ2) is 8.04. The quantitative estimate of drug-likeness (QED) is 0.643. The molecule has 0 N–H and O–H groups in total. The van der Waals surface area contributed by atoms with Crippen LogP contribution in [-0.2, 0) is 13.2 Å². The maximum absolute atomic E-state index is 5.75. The zero-order valence-corrected chi connectivity index (χ0v) is 14.7. The molecule has 1 atom stereocenters. The third-order valence-corrected chi connectivity index (χ3v) is 4.84. The van der Waals surface area contributed by atoms with Gasteiger partial charge in [0, 0.05) is 30.4 Å². The number of hydrogen-bond donors (Lipinski definition) is 0. The van der Waals surface area contributed by atoms with E-state index in [1.165, 1.54) is 5.56 Å². The molecule has 0 radical (unpaired) electrons. The van der Waals surface area contributed by atoms with Crippen LogP contribution in [0.1, 0.15) is 29.2 Å². The maximum atomic E-state index is 5.75. The number of aromatic nitrogens is 2. The van der Waals surface area contributed by atoms with E-state index in [-0.39, 0.29) is 0 Å². The van der Waals surface area contributed by atoms with Gasteiger partial charge in [0.25, 0.3) is 0 Å². The minimum absolute atomic E-state index is 0.318. The molecule has 0 fully saturated rings. The molecule has 0 amide bonds. The van der Waals surface area contributed by atoms with Crippen molar-refractivity contribution in [2.75, 3.05) is 7.05 Å². The normalized spacial score (nSPS) is 12.3. The number of benzene rings is 1. The molecule has 124 valence electrons. The summed E-state index contributed by atoms with van der Waals surface area (Å²) < 4.78 is 5.75. The number of para-hydroxylation sites is 1. The molecular formula is C19H21N3OS. The summed E-state index contributed by atoms with van der Waals surface area (Å²) in [4.78, 5) is 11.0. The molecule has 0 aliphatic rings. The lowest BCUT2D eigenvalue weighted by atomic mass is 10.1. The van der Waals surface area contributed by atoms with Crippen LogP contribution >= 0.6 is 11.3 Å². The maximum Gasteiger partial charge on any atom is 0.140 e. The summed E-state index contributed by atoms with van der Waals surface area (Å²) >= 11 is 1.65.